The van der Waals surface area contributed by atoms with Gasteiger partial charge in [-0.25, -0.2) is 13.1 Å². The largest absolute Gasteiger partial charge is 0.398 e. The van der Waals surface area contributed by atoms with Crippen LogP contribution in [0.3, 0.4) is 0 Å². The first-order valence-corrected chi connectivity index (χ1v) is 7.40. The van der Waals surface area contributed by atoms with Gasteiger partial charge < -0.3 is 10.8 Å². The van der Waals surface area contributed by atoms with Crippen LogP contribution in [0.1, 0.15) is 12.8 Å². The van der Waals surface area contributed by atoms with E-state index in [4.69, 9.17) is 10.8 Å². The average Bonchev–Trinajstić information content (AvgIpc) is 2.28. The van der Waals surface area contributed by atoms with Gasteiger partial charge in [0.25, 0.3) is 0 Å². The first-order valence-electron chi connectivity index (χ1n) is 5.13. The van der Waals surface area contributed by atoms with Crippen molar-refractivity contribution in [1.82, 2.24) is 4.72 Å². The molecule has 4 N–H and O–H groups in total. The summed E-state index contributed by atoms with van der Waals surface area (Å²) in [7, 11) is -3.58. The number of unbranched alkanes of at least 4 members (excludes halogenated alkanes) is 1. The second kappa shape index (κ2) is 6.34. The van der Waals surface area contributed by atoms with Gasteiger partial charge in [0, 0.05) is 17.6 Å². The van der Waals surface area contributed by atoms with E-state index in [2.05, 4.69) is 20.7 Å². The van der Waals surface area contributed by atoms with Crippen molar-refractivity contribution >= 4 is 31.6 Å². The summed E-state index contributed by atoms with van der Waals surface area (Å²) < 4.78 is 26.9. The van der Waals surface area contributed by atoms with Crippen LogP contribution in [0.2, 0.25) is 0 Å². The summed E-state index contributed by atoms with van der Waals surface area (Å²) in [5, 5.41) is 8.59. The minimum atomic E-state index is -3.58. The number of anilines is 1. The van der Waals surface area contributed by atoms with Crippen molar-refractivity contribution in [2.24, 2.45) is 0 Å². The van der Waals surface area contributed by atoms with Gasteiger partial charge in [-0.3, -0.25) is 0 Å². The van der Waals surface area contributed by atoms with E-state index >= 15 is 0 Å². The van der Waals surface area contributed by atoms with Gasteiger partial charge >= 0.3 is 0 Å². The molecule has 5 nitrogen and oxygen atoms in total. The zero-order chi connectivity index (χ0) is 12.9. The summed E-state index contributed by atoms with van der Waals surface area (Å²) in [6, 6.07) is 4.68. The molecule has 1 aromatic carbocycles. The van der Waals surface area contributed by atoms with Crippen LogP contribution in [-0.4, -0.2) is 26.7 Å². The second-order valence-electron chi connectivity index (χ2n) is 3.51. The van der Waals surface area contributed by atoms with Gasteiger partial charge in [0.1, 0.15) is 4.90 Å². The summed E-state index contributed by atoms with van der Waals surface area (Å²) in [5.41, 5.74) is 5.84. The fraction of sp³-hybridized carbons (Fsp3) is 0.400. The van der Waals surface area contributed by atoms with Crippen molar-refractivity contribution < 1.29 is 13.5 Å². The Morgan fingerprint density at radius 1 is 1.35 bits per heavy atom. The lowest BCUT2D eigenvalue weighted by molar-refractivity contribution is 0.285. The van der Waals surface area contributed by atoms with Crippen molar-refractivity contribution in [3.8, 4) is 0 Å². The predicted molar refractivity (Wildman–Crippen MR) is 70.1 cm³/mol. The highest BCUT2D eigenvalue weighted by Gasteiger charge is 2.16. The van der Waals surface area contributed by atoms with Gasteiger partial charge in [-0.05, 0) is 31.0 Å². The first kappa shape index (κ1) is 14.4. The molecule has 0 saturated heterocycles. The van der Waals surface area contributed by atoms with Gasteiger partial charge in [0.05, 0.1) is 5.69 Å². The number of hydrogen-bond acceptors (Lipinski definition) is 4. The standard InChI is InChI=1S/C10H15BrN2O3S/c11-8-3-4-9(12)10(7-8)17(15,16)13-5-1-2-6-14/h3-4,7,13-14H,1-2,5-6,12H2. The molecule has 0 saturated carbocycles. The van der Waals surface area contributed by atoms with E-state index in [0.29, 0.717) is 17.3 Å². The van der Waals surface area contributed by atoms with E-state index in [-0.39, 0.29) is 23.7 Å². The number of halogens is 1. The Morgan fingerprint density at radius 3 is 2.71 bits per heavy atom. The number of sulfonamides is 1. The third-order valence-electron chi connectivity index (χ3n) is 2.14. The third-order valence-corrected chi connectivity index (χ3v) is 4.15. The number of nitrogens with two attached hydrogens (primary N) is 1. The lowest BCUT2D eigenvalue weighted by atomic mass is 10.3. The minimum absolute atomic E-state index is 0.0563. The molecule has 0 aliphatic carbocycles. The molecule has 0 aliphatic heterocycles. The Bertz CT molecular complexity index is 476. The number of aliphatic hydroxyl groups is 1. The van der Waals surface area contributed by atoms with Crippen LogP contribution in [-0.2, 0) is 10.0 Å². The molecule has 0 aromatic heterocycles. The number of benzene rings is 1. The maximum absolute atomic E-state index is 11.9. The Hall–Kier alpha value is -0.630. The molecule has 0 aliphatic rings. The molecule has 0 spiro atoms. The second-order valence-corrected chi connectivity index (χ2v) is 6.16. The maximum Gasteiger partial charge on any atom is 0.242 e. The number of hydrogen-bond donors (Lipinski definition) is 3. The lowest BCUT2D eigenvalue weighted by Crippen LogP contribution is -2.25. The molecule has 0 amide bonds. The maximum atomic E-state index is 11.9. The first-order chi connectivity index (χ1) is 7.97. The monoisotopic (exact) mass is 322 g/mol. The van der Waals surface area contributed by atoms with Crippen molar-refractivity contribution in [2.45, 2.75) is 17.7 Å². The van der Waals surface area contributed by atoms with E-state index in [9.17, 15) is 8.42 Å². The van der Waals surface area contributed by atoms with Crippen molar-refractivity contribution in [2.75, 3.05) is 18.9 Å². The van der Waals surface area contributed by atoms with Crippen molar-refractivity contribution in [3.63, 3.8) is 0 Å². The Labute approximate surface area is 109 Å². The fourth-order valence-electron chi connectivity index (χ4n) is 1.26. The third kappa shape index (κ3) is 4.27. The highest BCUT2D eigenvalue weighted by Crippen LogP contribution is 2.22. The minimum Gasteiger partial charge on any atom is -0.398 e. The highest BCUT2D eigenvalue weighted by molar-refractivity contribution is 9.10. The van der Waals surface area contributed by atoms with E-state index in [1.165, 1.54) is 12.1 Å². The molecule has 0 unspecified atom stereocenters. The van der Waals surface area contributed by atoms with E-state index in [1.807, 2.05) is 0 Å². The topological polar surface area (TPSA) is 92.4 Å². The summed E-state index contributed by atoms with van der Waals surface area (Å²) >= 11 is 3.20. The van der Waals surface area contributed by atoms with E-state index in [0.717, 1.165) is 0 Å². The van der Waals surface area contributed by atoms with Gasteiger partial charge in [0.15, 0.2) is 0 Å². The molecule has 17 heavy (non-hydrogen) atoms. The molecule has 96 valence electrons. The molecule has 0 atom stereocenters. The molecule has 1 rings (SSSR count). The summed E-state index contributed by atoms with van der Waals surface area (Å²) in [6.45, 7) is 0.343. The van der Waals surface area contributed by atoms with Crippen LogP contribution >= 0.6 is 15.9 Å². The van der Waals surface area contributed by atoms with Crippen LogP contribution in [0.25, 0.3) is 0 Å². The Morgan fingerprint density at radius 2 is 2.06 bits per heavy atom. The molecule has 0 radical (unpaired) electrons. The lowest BCUT2D eigenvalue weighted by Gasteiger charge is -2.09. The number of nitrogen functional groups attached to an aromatic ring is 1. The SMILES string of the molecule is Nc1ccc(Br)cc1S(=O)(=O)NCCCCO. The van der Waals surface area contributed by atoms with E-state index in [1.54, 1.807) is 6.07 Å². The molecule has 1 aromatic rings. The van der Waals surface area contributed by atoms with Gasteiger partial charge in [-0.2, -0.15) is 0 Å². The van der Waals surface area contributed by atoms with Crippen LogP contribution in [0.15, 0.2) is 27.6 Å². The molecule has 0 bridgehead atoms. The van der Waals surface area contributed by atoms with Crippen LogP contribution in [0.5, 0.6) is 0 Å². The van der Waals surface area contributed by atoms with Gasteiger partial charge in [-0.15, -0.1) is 0 Å². The number of aliphatic hydroxyl groups excluding tert-OH is 1. The van der Waals surface area contributed by atoms with Crippen LogP contribution < -0.4 is 10.5 Å². The van der Waals surface area contributed by atoms with Crippen LogP contribution in [0.4, 0.5) is 5.69 Å². The predicted octanol–water partition coefficient (Wildman–Crippen LogP) is 1.08. The van der Waals surface area contributed by atoms with Crippen molar-refractivity contribution in [3.05, 3.63) is 22.7 Å². The van der Waals surface area contributed by atoms with Gasteiger partial charge in [0.2, 0.25) is 10.0 Å². The molecule has 7 heteroatoms. The molecule has 0 heterocycles. The zero-order valence-electron chi connectivity index (χ0n) is 9.19. The summed E-state index contributed by atoms with van der Waals surface area (Å²) in [5.74, 6) is 0. The molecule has 0 fully saturated rings. The Kier molecular flexibility index (Phi) is 5.38. The number of nitrogens with one attached hydrogen (secondary N) is 1. The quantitative estimate of drug-likeness (QED) is 0.540. The normalized spacial score (nSPS) is 11.6. The molecular weight excluding hydrogens is 308 g/mol. The summed E-state index contributed by atoms with van der Waals surface area (Å²) in [4.78, 5) is 0.0656. The average molecular weight is 323 g/mol. The molecular formula is C10H15BrN2O3S. The van der Waals surface area contributed by atoms with Crippen molar-refractivity contribution in [1.29, 1.82) is 0 Å². The smallest absolute Gasteiger partial charge is 0.242 e. The number of rotatable bonds is 6. The fourth-order valence-corrected chi connectivity index (χ4v) is 3.00. The Balaban J connectivity index is 2.79. The van der Waals surface area contributed by atoms with Crippen LogP contribution in [0, 0.1) is 0 Å². The zero-order valence-corrected chi connectivity index (χ0v) is 11.6. The van der Waals surface area contributed by atoms with Gasteiger partial charge in [-0.1, -0.05) is 15.9 Å². The van der Waals surface area contributed by atoms with E-state index < -0.39 is 10.0 Å². The highest BCUT2D eigenvalue weighted by atomic mass is 79.9. The summed E-state index contributed by atoms with van der Waals surface area (Å²) in [6.07, 6.45) is 1.15.